The Hall–Kier alpha value is -0.520. The molecule has 0 nitrogen and oxygen atoms in total. The van der Waals surface area contributed by atoms with E-state index in [1.807, 2.05) is 0 Å². The molecule has 0 aromatic heterocycles. The van der Waals surface area contributed by atoms with E-state index in [0.717, 1.165) is 11.8 Å². The van der Waals surface area contributed by atoms with Crippen LogP contribution in [0, 0.1) is 11.8 Å². The van der Waals surface area contributed by atoms with Crippen LogP contribution in [0.15, 0.2) is 24.3 Å². The number of hydrogen-bond acceptors (Lipinski definition) is 0. The van der Waals surface area contributed by atoms with Crippen molar-refractivity contribution in [2.75, 3.05) is 0 Å². The molecule has 0 atom stereocenters. The van der Waals surface area contributed by atoms with Crippen molar-refractivity contribution in [3.63, 3.8) is 0 Å². The van der Waals surface area contributed by atoms with Gasteiger partial charge < -0.3 is 0 Å². The summed E-state index contributed by atoms with van der Waals surface area (Å²) in [5.41, 5.74) is 1.51. The van der Waals surface area contributed by atoms with Crippen LogP contribution < -0.4 is 0 Å². The molecule has 0 unspecified atom stereocenters. The van der Waals surface area contributed by atoms with E-state index in [9.17, 15) is 0 Å². The zero-order chi connectivity index (χ0) is 10.4. The first-order valence-corrected chi connectivity index (χ1v) is 6.06. The van der Waals surface area contributed by atoms with Gasteiger partial charge in [0.05, 0.1) is 0 Å². The Labute approximate surface area is 89.1 Å². The van der Waals surface area contributed by atoms with Crippen molar-refractivity contribution >= 4 is 0 Å². The second-order valence-corrected chi connectivity index (χ2v) is 4.87. The summed E-state index contributed by atoms with van der Waals surface area (Å²) in [4.78, 5) is 0. The standard InChI is InChI=1S/C14H24/c1-4-13(11-10-12(2)3)14-8-6-5-7-9-14/h4,11-12,14H,1,5-10H2,2-3H3/b13-11-. The Morgan fingerprint density at radius 3 is 2.43 bits per heavy atom. The molecule has 0 bridgehead atoms. The van der Waals surface area contributed by atoms with Gasteiger partial charge in [0, 0.05) is 0 Å². The van der Waals surface area contributed by atoms with E-state index in [-0.39, 0.29) is 0 Å². The Morgan fingerprint density at radius 2 is 1.93 bits per heavy atom. The summed E-state index contributed by atoms with van der Waals surface area (Å²) in [5.74, 6) is 1.59. The summed E-state index contributed by atoms with van der Waals surface area (Å²) in [5, 5.41) is 0. The lowest BCUT2D eigenvalue weighted by Gasteiger charge is -2.23. The molecule has 0 heteroatoms. The van der Waals surface area contributed by atoms with Crippen LogP contribution in [-0.2, 0) is 0 Å². The predicted octanol–water partition coefficient (Wildman–Crippen LogP) is 4.73. The van der Waals surface area contributed by atoms with Gasteiger partial charge in [0.25, 0.3) is 0 Å². The molecule has 0 N–H and O–H groups in total. The summed E-state index contributed by atoms with van der Waals surface area (Å²) in [7, 11) is 0. The molecule has 0 heterocycles. The third-order valence-corrected chi connectivity index (χ3v) is 3.14. The fourth-order valence-electron chi connectivity index (χ4n) is 2.22. The van der Waals surface area contributed by atoms with Gasteiger partial charge in [-0.1, -0.05) is 51.8 Å². The summed E-state index contributed by atoms with van der Waals surface area (Å²) in [6.45, 7) is 8.50. The molecule has 1 fully saturated rings. The minimum atomic E-state index is 0.772. The Bertz CT molecular complexity index is 192. The van der Waals surface area contributed by atoms with Crippen molar-refractivity contribution in [1.29, 1.82) is 0 Å². The van der Waals surface area contributed by atoms with E-state index in [2.05, 4.69) is 32.6 Å². The first-order chi connectivity index (χ1) is 6.74. The maximum atomic E-state index is 3.95. The minimum absolute atomic E-state index is 0.772. The highest BCUT2D eigenvalue weighted by molar-refractivity contribution is 5.20. The van der Waals surface area contributed by atoms with Crippen LogP contribution in [-0.4, -0.2) is 0 Å². The topological polar surface area (TPSA) is 0 Å². The van der Waals surface area contributed by atoms with Gasteiger partial charge >= 0.3 is 0 Å². The highest BCUT2D eigenvalue weighted by Gasteiger charge is 2.15. The van der Waals surface area contributed by atoms with Crippen LogP contribution in [0.5, 0.6) is 0 Å². The lowest BCUT2D eigenvalue weighted by atomic mass is 9.83. The largest absolute Gasteiger partial charge is 0.0988 e. The number of allylic oxidation sites excluding steroid dienone is 3. The van der Waals surface area contributed by atoms with Gasteiger partial charge in [-0.05, 0) is 36.7 Å². The van der Waals surface area contributed by atoms with E-state index < -0.39 is 0 Å². The van der Waals surface area contributed by atoms with E-state index in [0.29, 0.717) is 0 Å². The predicted molar refractivity (Wildman–Crippen MR) is 64.3 cm³/mol. The highest BCUT2D eigenvalue weighted by Crippen LogP contribution is 2.30. The molecular formula is C14H24. The molecule has 0 amide bonds. The van der Waals surface area contributed by atoms with Crippen LogP contribution in [0.4, 0.5) is 0 Å². The van der Waals surface area contributed by atoms with Gasteiger partial charge in [-0.25, -0.2) is 0 Å². The monoisotopic (exact) mass is 192 g/mol. The molecule has 1 rings (SSSR count). The average molecular weight is 192 g/mol. The van der Waals surface area contributed by atoms with Crippen LogP contribution in [0.1, 0.15) is 52.4 Å². The van der Waals surface area contributed by atoms with Crippen LogP contribution >= 0.6 is 0 Å². The van der Waals surface area contributed by atoms with Gasteiger partial charge in [0.15, 0.2) is 0 Å². The third kappa shape index (κ3) is 3.69. The summed E-state index contributed by atoms with van der Waals surface area (Å²) in [6.07, 6.45) is 12.7. The normalized spacial score (nSPS) is 20.1. The van der Waals surface area contributed by atoms with Gasteiger partial charge in [-0.2, -0.15) is 0 Å². The highest BCUT2D eigenvalue weighted by atomic mass is 14.2. The SMILES string of the molecule is C=C/C(=C/CC(C)C)C1CCCCC1. The molecular weight excluding hydrogens is 168 g/mol. The number of hydrogen-bond donors (Lipinski definition) is 0. The van der Waals surface area contributed by atoms with Crippen molar-refractivity contribution in [1.82, 2.24) is 0 Å². The maximum absolute atomic E-state index is 3.95. The Kier molecular flexibility index (Phi) is 5.00. The van der Waals surface area contributed by atoms with Crippen molar-refractivity contribution in [2.45, 2.75) is 52.4 Å². The zero-order valence-corrected chi connectivity index (χ0v) is 9.76. The first kappa shape index (κ1) is 11.6. The zero-order valence-electron chi connectivity index (χ0n) is 9.76. The molecule has 0 aromatic carbocycles. The third-order valence-electron chi connectivity index (χ3n) is 3.14. The summed E-state index contributed by atoms with van der Waals surface area (Å²) in [6, 6.07) is 0. The van der Waals surface area contributed by atoms with Crippen LogP contribution in [0.25, 0.3) is 0 Å². The Balaban J connectivity index is 2.50. The average Bonchev–Trinajstić information content (AvgIpc) is 2.20. The van der Waals surface area contributed by atoms with Crippen molar-refractivity contribution in [3.05, 3.63) is 24.3 Å². The van der Waals surface area contributed by atoms with Crippen molar-refractivity contribution < 1.29 is 0 Å². The molecule has 1 saturated carbocycles. The molecule has 1 aliphatic rings. The van der Waals surface area contributed by atoms with Gasteiger partial charge in [-0.15, -0.1) is 0 Å². The smallest absolute Gasteiger partial charge is 0.0165 e. The van der Waals surface area contributed by atoms with Crippen molar-refractivity contribution in [2.24, 2.45) is 11.8 Å². The second kappa shape index (κ2) is 6.06. The maximum Gasteiger partial charge on any atom is -0.0165 e. The fraction of sp³-hybridized carbons (Fsp3) is 0.714. The molecule has 0 aromatic rings. The van der Waals surface area contributed by atoms with E-state index >= 15 is 0 Å². The van der Waals surface area contributed by atoms with E-state index in [1.54, 1.807) is 0 Å². The fourth-order valence-corrected chi connectivity index (χ4v) is 2.22. The molecule has 0 saturated heterocycles. The molecule has 0 radical (unpaired) electrons. The Morgan fingerprint density at radius 1 is 1.29 bits per heavy atom. The lowest BCUT2D eigenvalue weighted by Crippen LogP contribution is -2.08. The van der Waals surface area contributed by atoms with Gasteiger partial charge in [-0.3, -0.25) is 0 Å². The summed E-state index contributed by atoms with van der Waals surface area (Å²) < 4.78 is 0. The minimum Gasteiger partial charge on any atom is -0.0988 e. The van der Waals surface area contributed by atoms with Gasteiger partial charge in [0.1, 0.15) is 0 Å². The molecule has 0 spiro atoms. The molecule has 80 valence electrons. The first-order valence-electron chi connectivity index (χ1n) is 6.06. The van der Waals surface area contributed by atoms with E-state index in [1.165, 1.54) is 44.1 Å². The molecule has 1 aliphatic carbocycles. The number of rotatable bonds is 4. The molecule has 0 aliphatic heterocycles. The molecule has 14 heavy (non-hydrogen) atoms. The van der Waals surface area contributed by atoms with E-state index in [4.69, 9.17) is 0 Å². The van der Waals surface area contributed by atoms with Crippen molar-refractivity contribution in [3.8, 4) is 0 Å². The van der Waals surface area contributed by atoms with Crippen LogP contribution in [0.3, 0.4) is 0 Å². The van der Waals surface area contributed by atoms with Crippen LogP contribution in [0.2, 0.25) is 0 Å². The summed E-state index contributed by atoms with van der Waals surface area (Å²) >= 11 is 0. The quantitative estimate of drug-likeness (QED) is 0.565. The lowest BCUT2D eigenvalue weighted by molar-refractivity contribution is 0.407. The second-order valence-electron chi connectivity index (χ2n) is 4.87. The van der Waals surface area contributed by atoms with Gasteiger partial charge in [0.2, 0.25) is 0 Å².